The third kappa shape index (κ3) is 2.08. The Morgan fingerprint density at radius 1 is 1.44 bits per heavy atom. The maximum atomic E-state index is 9.23. The van der Waals surface area contributed by atoms with Crippen LogP contribution in [0.3, 0.4) is 0 Å². The van der Waals surface area contributed by atoms with Crippen molar-refractivity contribution in [1.82, 2.24) is 4.98 Å². The minimum absolute atomic E-state index is 0.0309. The molecule has 1 N–H and O–H groups in total. The van der Waals surface area contributed by atoms with Crippen molar-refractivity contribution < 1.29 is 9.84 Å². The molecule has 2 aromatic rings. The summed E-state index contributed by atoms with van der Waals surface area (Å²) in [6.45, 7) is 1.91. The van der Waals surface area contributed by atoms with E-state index in [1.807, 2.05) is 31.2 Å². The Kier molecular flexibility index (Phi) is 3.22. The van der Waals surface area contributed by atoms with E-state index in [9.17, 15) is 5.11 Å². The third-order valence-corrected chi connectivity index (χ3v) is 3.35. The zero-order chi connectivity index (χ0) is 11.5. The predicted molar refractivity (Wildman–Crippen MR) is 64.8 cm³/mol. The molecule has 3 nitrogen and oxygen atoms in total. The molecule has 0 aliphatic heterocycles. The average molecular weight is 235 g/mol. The molecule has 1 aromatic heterocycles. The van der Waals surface area contributed by atoms with Crippen molar-refractivity contribution in [2.45, 2.75) is 13.5 Å². The maximum Gasteiger partial charge on any atom is 0.119 e. The molecule has 0 aliphatic carbocycles. The standard InChI is InChI=1S/C12H13NO2S/c1-8-13-11(7-14)12(16-8)9-4-3-5-10(6-9)15-2/h3-6,14H,7H2,1-2H3. The van der Waals surface area contributed by atoms with Crippen molar-refractivity contribution in [2.75, 3.05) is 7.11 Å². The topological polar surface area (TPSA) is 42.4 Å². The van der Waals surface area contributed by atoms with Gasteiger partial charge < -0.3 is 9.84 Å². The number of aryl methyl sites for hydroxylation is 1. The second-order valence-electron chi connectivity index (χ2n) is 3.40. The van der Waals surface area contributed by atoms with Crippen molar-refractivity contribution in [1.29, 1.82) is 0 Å². The van der Waals surface area contributed by atoms with Crippen LogP contribution in [0.1, 0.15) is 10.7 Å². The van der Waals surface area contributed by atoms with E-state index < -0.39 is 0 Å². The number of methoxy groups -OCH3 is 1. The zero-order valence-electron chi connectivity index (χ0n) is 9.23. The number of aromatic nitrogens is 1. The summed E-state index contributed by atoms with van der Waals surface area (Å²) < 4.78 is 5.18. The summed E-state index contributed by atoms with van der Waals surface area (Å²) in [5, 5.41) is 10.2. The molecular weight excluding hydrogens is 222 g/mol. The van der Waals surface area contributed by atoms with Gasteiger partial charge in [0.25, 0.3) is 0 Å². The Balaban J connectivity index is 2.48. The number of hydrogen-bond acceptors (Lipinski definition) is 4. The maximum absolute atomic E-state index is 9.23. The molecule has 0 fully saturated rings. The first-order valence-corrected chi connectivity index (χ1v) is 5.78. The van der Waals surface area contributed by atoms with Crippen LogP contribution in [0.5, 0.6) is 5.75 Å². The fourth-order valence-corrected chi connectivity index (χ4v) is 2.49. The molecule has 0 saturated heterocycles. The van der Waals surface area contributed by atoms with Gasteiger partial charge in [-0.1, -0.05) is 12.1 Å². The van der Waals surface area contributed by atoms with Gasteiger partial charge in [0.15, 0.2) is 0 Å². The fraction of sp³-hybridized carbons (Fsp3) is 0.250. The summed E-state index contributed by atoms with van der Waals surface area (Å²) in [6, 6.07) is 7.78. The van der Waals surface area contributed by atoms with E-state index in [0.717, 1.165) is 26.9 Å². The van der Waals surface area contributed by atoms with Crippen molar-refractivity contribution in [3.05, 3.63) is 35.0 Å². The number of rotatable bonds is 3. The molecule has 4 heteroatoms. The molecule has 0 atom stereocenters. The van der Waals surface area contributed by atoms with Crippen molar-refractivity contribution >= 4 is 11.3 Å². The minimum Gasteiger partial charge on any atom is -0.497 e. The minimum atomic E-state index is -0.0309. The second kappa shape index (κ2) is 4.63. The van der Waals surface area contributed by atoms with Crippen molar-refractivity contribution in [2.24, 2.45) is 0 Å². The molecule has 0 bridgehead atoms. The first kappa shape index (κ1) is 11.1. The van der Waals surface area contributed by atoms with E-state index in [1.165, 1.54) is 0 Å². The van der Waals surface area contributed by atoms with Gasteiger partial charge in [0, 0.05) is 0 Å². The Bertz CT molecular complexity index is 494. The highest BCUT2D eigenvalue weighted by Crippen LogP contribution is 2.32. The molecule has 1 aromatic carbocycles. The van der Waals surface area contributed by atoms with Crippen LogP contribution in [-0.4, -0.2) is 17.2 Å². The van der Waals surface area contributed by atoms with Crippen LogP contribution in [-0.2, 0) is 6.61 Å². The van der Waals surface area contributed by atoms with Gasteiger partial charge in [-0.25, -0.2) is 4.98 Å². The summed E-state index contributed by atoms with van der Waals surface area (Å²) in [6.07, 6.45) is 0. The number of ether oxygens (including phenoxy) is 1. The molecule has 0 aliphatic rings. The quantitative estimate of drug-likeness (QED) is 0.889. The highest BCUT2D eigenvalue weighted by atomic mass is 32.1. The Morgan fingerprint density at radius 3 is 2.94 bits per heavy atom. The number of aliphatic hydroxyl groups is 1. The smallest absolute Gasteiger partial charge is 0.119 e. The second-order valence-corrected chi connectivity index (χ2v) is 4.60. The van der Waals surface area contributed by atoms with Crippen LogP contribution >= 0.6 is 11.3 Å². The van der Waals surface area contributed by atoms with E-state index in [0.29, 0.717) is 0 Å². The molecule has 0 unspecified atom stereocenters. The molecule has 84 valence electrons. The first-order valence-electron chi connectivity index (χ1n) is 4.96. The van der Waals surface area contributed by atoms with Crippen LogP contribution in [0.15, 0.2) is 24.3 Å². The van der Waals surface area contributed by atoms with Crippen LogP contribution in [0.25, 0.3) is 10.4 Å². The third-order valence-electron chi connectivity index (χ3n) is 2.29. The van der Waals surface area contributed by atoms with Gasteiger partial charge in [-0.3, -0.25) is 0 Å². The lowest BCUT2D eigenvalue weighted by molar-refractivity contribution is 0.278. The van der Waals surface area contributed by atoms with Gasteiger partial charge in [-0.05, 0) is 24.6 Å². The zero-order valence-corrected chi connectivity index (χ0v) is 10.0. The van der Waals surface area contributed by atoms with Crippen LogP contribution < -0.4 is 4.74 Å². The molecule has 1 heterocycles. The van der Waals surface area contributed by atoms with E-state index in [1.54, 1.807) is 18.4 Å². The van der Waals surface area contributed by atoms with E-state index in [2.05, 4.69) is 4.98 Å². The molecule has 2 rings (SSSR count). The first-order chi connectivity index (χ1) is 7.74. The van der Waals surface area contributed by atoms with Crippen LogP contribution in [0.2, 0.25) is 0 Å². The number of aliphatic hydroxyl groups excluding tert-OH is 1. The van der Waals surface area contributed by atoms with E-state index in [-0.39, 0.29) is 6.61 Å². The lowest BCUT2D eigenvalue weighted by Crippen LogP contribution is -1.87. The number of benzene rings is 1. The van der Waals surface area contributed by atoms with Gasteiger partial charge >= 0.3 is 0 Å². The van der Waals surface area contributed by atoms with Crippen molar-refractivity contribution in [3.8, 4) is 16.2 Å². The number of nitrogens with zero attached hydrogens (tertiary/aromatic N) is 1. The lowest BCUT2D eigenvalue weighted by Gasteiger charge is -2.03. The normalized spacial score (nSPS) is 10.4. The van der Waals surface area contributed by atoms with Gasteiger partial charge in [-0.2, -0.15) is 0 Å². The average Bonchev–Trinajstić information content (AvgIpc) is 2.70. The molecular formula is C12H13NO2S. The molecule has 0 radical (unpaired) electrons. The SMILES string of the molecule is COc1cccc(-c2sc(C)nc2CO)c1. The van der Waals surface area contributed by atoms with Gasteiger partial charge in [-0.15, -0.1) is 11.3 Å². The van der Waals surface area contributed by atoms with Crippen LogP contribution in [0, 0.1) is 6.92 Å². The van der Waals surface area contributed by atoms with E-state index in [4.69, 9.17) is 4.74 Å². The van der Waals surface area contributed by atoms with Gasteiger partial charge in [0.1, 0.15) is 5.75 Å². The summed E-state index contributed by atoms with van der Waals surface area (Å²) in [4.78, 5) is 5.30. The highest BCUT2D eigenvalue weighted by Gasteiger charge is 2.10. The molecule has 0 amide bonds. The molecule has 0 saturated carbocycles. The largest absolute Gasteiger partial charge is 0.497 e. The summed E-state index contributed by atoms with van der Waals surface area (Å²) >= 11 is 1.58. The van der Waals surface area contributed by atoms with E-state index >= 15 is 0 Å². The fourth-order valence-electron chi connectivity index (χ4n) is 1.57. The number of thiazole rings is 1. The van der Waals surface area contributed by atoms with Gasteiger partial charge in [0.2, 0.25) is 0 Å². The Hall–Kier alpha value is -1.39. The van der Waals surface area contributed by atoms with Gasteiger partial charge in [0.05, 0.1) is 29.3 Å². The summed E-state index contributed by atoms with van der Waals surface area (Å²) in [5.41, 5.74) is 1.77. The highest BCUT2D eigenvalue weighted by molar-refractivity contribution is 7.15. The monoisotopic (exact) mass is 235 g/mol. The van der Waals surface area contributed by atoms with Crippen molar-refractivity contribution in [3.63, 3.8) is 0 Å². The Morgan fingerprint density at radius 2 is 2.25 bits per heavy atom. The summed E-state index contributed by atoms with van der Waals surface area (Å²) in [5.74, 6) is 0.812. The Labute approximate surface area is 98.4 Å². The number of hydrogen-bond donors (Lipinski definition) is 1. The molecule has 0 spiro atoms. The lowest BCUT2D eigenvalue weighted by atomic mass is 10.1. The predicted octanol–water partition coefficient (Wildman–Crippen LogP) is 2.62. The molecule has 16 heavy (non-hydrogen) atoms. The van der Waals surface area contributed by atoms with Crippen LogP contribution in [0.4, 0.5) is 0 Å². The summed E-state index contributed by atoms with van der Waals surface area (Å²) in [7, 11) is 1.64.